The highest BCUT2D eigenvalue weighted by Crippen LogP contribution is 2.29. The number of amides is 3. The molecule has 1 aliphatic heterocycles. The maximum absolute atomic E-state index is 13.2. The normalized spacial score (nSPS) is 24.9. The van der Waals surface area contributed by atoms with Crippen LogP contribution in [-0.4, -0.2) is 56.6 Å². The summed E-state index contributed by atoms with van der Waals surface area (Å²) in [5, 5.41) is 10.4. The van der Waals surface area contributed by atoms with Gasteiger partial charge in [0.2, 0.25) is 5.91 Å². The van der Waals surface area contributed by atoms with Crippen molar-refractivity contribution in [2.24, 2.45) is 0 Å². The quantitative estimate of drug-likeness (QED) is 0.772. The highest BCUT2D eigenvalue weighted by molar-refractivity contribution is 6.02. The summed E-state index contributed by atoms with van der Waals surface area (Å²) >= 11 is 0. The van der Waals surface area contributed by atoms with Crippen molar-refractivity contribution in [1.29, 1.82) is 0 Å². The Bertz CT molecular complexity index is 794. The number of nitrogens with one attached hydrogen (secondary N) is 2. The molecule has 2 heterocycles. The second kappa shape index (κ2) is 7.22. The molecule has 1 aromatic rings. The highest BCUT2D eigenvalue weighted by Gasteiger charge is 2.48. The topological polar surface area (TPSA) is 96.3 Å². The van der Waals surface area contributed by atoms with Crippen LogP contribution >= 0.6 is 0 Å². The molecule has 8 nitrogen and oxygen atoms in total. The minimum atomic E-state index is -1.01. The van der Waals surface area contributed by atoms with Crippen molar-refractivity contribution in [2.45, 2.75) is 83.0 Å². The number of carbonyl (C=O) groups is 3. The number of hydrogen-bond acceptors (Lipinski definition) is 4. The van der Waals surface area contributed by atoms with Crippen molar-refractivity contribution in [3.8, 4) is 0 Å². The lowest BCUT2D eigenvalue weighted by molar-refractivity contribution is -0.133. The van der Waals surface area contributed by atoms with Gasteiger partial charge >= 0.3 is 0 Å². The first-order chi connectivity index (χ1) is 13.4. The average Bonchev–Trinajstić information content (AvgIpc) is 3.15. The van der Waals surface area contributed by atoms with Gasteiger partial charge in [-0.15, -0.1) is 0 Å². The van der Waals surface area contributed by atoms with Crippen LogP contribution in [0, 0.1) is 0 Å². The summed E-state index contributed by atoms with van der Waals surface area (Å²) in [7, 11) is 0. The van der Waals surface area contributed by atoms with Gasteiger partial charge in [0.25, 0.3) is 11.8 Å². The highest BCUT2D eigenvalue weighted by atomic mass is 16.2. The van der Waals surface area contributed by atoms with Crippen LogP contribution in [-0.2, 0) is 11.3 Å². The Balaban J connectivity index is 1.60. The molecule has 3 aliphatic rings. The van der Waals surface area contributed by atoms with Crippen molar-refractivity contribution in [1.82, 2.24) is 25.3 Å². The molecular formula is C20H29N5O3. The first kappa shape index (κ1) is 19.0. The summed E-state index contributed by atoms with van der Waals surface area (Å²) in [6.45, 7) is 4.54. The van der Waals surface area contributed by atoms with E-state index in [1.165, 1.54) is 4.68 Å². The van der Waals surface area contributed by atoms with Gasteiger partial charge in [0.05, 0.1) is 6.54 Å². The van der Waals surface area contributed by atoms with Gasteiger partial charge in [-0.3, -0.25) is 19.1 Å². The van der Waals surface area contributed by atoms with Gasteiger partial charge in [-0.25, -0.2) is 0 Å². The van der Waals surface area contributed by atoms with Gasteiger partial charge in [0, 0.05) is 24.7 Å². The summed E-state index contributed by atoms with van der Waals surface area (Å²) in [6, 6.07) is 1.96. The average molecular weight is 387 g/mol. The zero-order valence-corrected chi connectivity index (χ0v) is 16.7. The maximum Gasteiger partial charge on any atom is 0.273 e. The summed E-state index contributed by atoms with van der Waals surface area (Å²) < 4.78 is 1.53. The lowest BCUT2D eigenvalue weighted by Gasteiger charge is -2.43. The lowest BCUT2D eigenvalue weighted by Crippen LogP contribution is -2.65. The fourth-order valence-electron chi connectivity index (χ4n) is 4.22. The largest absolute Gasteiger partial charge is 0.351 e. The van der Waals surface area contributed by atoms with E-state index in [-0.39, 0.29) is 42.0 Å². The van der Waals surface area contributed by atoms with Gasteiger partial charge in [0.1, 0.15) is 11.2 Å². The molecule has 1 atom stereocenters. The number of hydrogen-bond donors (Lipinski definition) is 2. The molecule has 0 bridgehead atoms. The van der Waals surface area contributed by atoms with Crippen LogP contribution in [0.15, 0.2) is 6.07 Å². The third-order valence-corrected chi connectivity index (χ3v) is 6.07. The van der Waals surface area contributed by atoms with Gasteiger partial charge in [-0.2, -0.15) is 5.10 Å². The Morgan fingerprint density at radius 2 is 1.86 bits per heavy atom. The third-order valence-electron chi connectivity index (χ3n) is 6.07. The van der Waals surface area contributed by atoms with E-state index in [9.17, 15) is 14.4 Å². The van der Waals surface area contributed by atoms with E-state index in [1.54, 1.807) is 17.9 Å². The van der Waals surface area contributed by atoms with E-state index in [4.69, 9.17) is 0 Å². The van der Waals surface area contributed by atoms with Crippen molar-refractivity contribution < 1.29 is 14.4 Å². The van der Waals surface area contributed by atoms with Gasteiger partial charge < -0.3 is 15.5 Å². The van der Waals surface area contributed by atoms with Crippen LogP contribution in [0.1, 0.15) is 79.8 Å². The van der Waals surface area contributed by atoms with E-state index in [2.05, 4.69) is 15.7 Å². The van der Waals surface area contributed by atoms with E-state index >= 15 is 0 Å². The first-order valence-electron chi connectivity index (χ1n) is 10.4. The Morgan fingerprint density at radius 1 is 1.18 bits per heavy atom. The van der Waals surface area contributed by atoms with E-state index in [1.807, 2.05) is 6.92 Å². The molecule has 0 unspecified atom stereocenters. The number of nitrogens with zero attached hydrogens (tertiary/aromatic N) is 3. The molecule has 152 valence electrons. The van der Waals surface area contributed by atoms with Crippen molar-refractivity contribution in [3.63, 3.8) is 0 Å². The standard InChI is InChI=1S/C20H29N5O3/c1-3-10-24-18(27)16-11-15(17(26)21-14-8-9-14)23-25(16)12-20(24,2)19(28)22-13-6-4-5-7-13/h11,13-14H,3-10,12H2,1-2H3,(H,21,26)(H,22,28)/t20-/m0/s1. The molecule has 0 aromatic carbocycles. The first-order valence-corrected chi connectivity index (χ1v) is 10.4. The fraction of sp³-hybridized carbons (Fsp3) is 0.700. The second-order valence-electron chi connectivity index (χ2n) is 8.51. The van der Waals surface area contributed by atoms with Crippen LogP contribution in [0.3, 0.4) is 0 Å². The fourth-order valence-corrected chi connectivity index (χ4v) is 4.22. The Labute approximate surface area is 165 Å². The van der Waals surface area contributed by atoms with Crippen molar-refractivity contribution in [3.05, 3.63) is 17.5 Å². The monoisotopic (exact) mass is 387 g/mol. The molecule has 1 aromatic heterocycles. The molecule has 2 saturated carbocycles. The SMILES string of the molecule is CCCN1C(=O)c2cc(C(=O)NC3CC3)nn2C[C@@]1(C)C(=O)NC1CCCC1. The molecule has 3 amide bonds. The lowest BCUT2D eigenvalue weighted by atomic mass is 9.94. The summed E-state index contributed by atoms with van der Waals surface area (Å²) in [5.74, 6) is -0.627. The van der Waals surface area contributed by atoms with Crippen LogP contribution < -0.4 is 10.6 Å². The molecule has 28 heavy (non-hydrogen) atoms. The second-order valence-corrected chi connectivity index (χ2v) is 8.51. The van der Waals surface area contributed by atoms with Crippen LogP contribution in [0.25, 0.3) is 0 Å². The minimum Gasteiger partial charge on any atom is -0.351 e. The van der Waals surface area contributed by atoms with E-state index in [0.717, 1.165) is 44.9 Å². The van der Waals surface area contributed by atoms with Crippen LogP contribution in [0.5, 0.6) is 0 Å². The Kier molecular flexibility index (Phi) is 4.89. The minimum absolute atomic E-state index is 0.133. The smallest absolute Gasteiger partial charge is 0.273 e. The number of carbonyl (C=O) groups excluding carboxylic acids is 3. The number of rotatable bonds is 6. The van der Waals surface area contributed by atoms with Crippen LogP contribution in [0.2, 0.25) is 0 Å². The molecule has 0 radical (unpaired) electrons. The maximum atomic E-state index is 13.2. The molecule has 4 rings (SSSR count). The van der Waals surface area contributed by atoms with E-state index in [0.29, 0.717) is 12.2 Å². The summed E-state index contributed by atoms with van der Waals surface area (Å²) in [4.78, 5) is 40.4. The summed E-state index contributed by atoms with van der Waals surface area (Å²) in [5.41, 5.74) is -0.397. The number of aromatic nitrogens is 2. The number of fused-ring (bicyclic) bond motifs is 1. The van der Waals surface area contributed by atoms with Crippen LogP contribution in [0.4, 0.5) is 0 Å². The zero-order valence-electron chi connectivity index (χ0n) is 16.7. The van der Waals surface area contributed by atoms with Crippen molar-refractivity contribution >= 4 is 17.7 Å². The van der Waals surface area contributed by atoms with Gasteiger partial charge in [0.15, 0.2) is 5.69 Å². The molecule has 2 fully saturated rings. The molecule has 0 saturated heterocycles. The molecule has 2 N–H and O–H groups in total. The third kappa shape index (κ3) is 3.40. The molecule has 8 heteroatoms. The Morgan fingerprint density at radius 3 is 2.50 bits per heavy atom. The van der Waals surface area contributed by atoms with Gasteiger partial charge in [-0.05, 0) is 39.0 Å². The predicted octanol–water partition coefficient (Wildman–Crippen LogP) is 1.46. The zero-order chi connectivity index (χ0) is 19.9. The summed E-state index contributed by atoms with van der Waals surface area (Å²) in [6.07, 6.45) is 6.96. The Hall–Kier alpha value is -2.38. The van der Waals surface area contributed by atoms with E-state index < -0.39 is 5.54 Å². The predicted molar refractivity (Wildman–Crippen MR) is 103 cm³/mol. The molecule has 2 aliphatic carbocycles. The molecule has 0 spiro atoms. The molecular weight excluding hydrogens is 358 g/mol. The van der Waals surface area contributed by atoms with Crippen molar-refractivity contribution in [2.75, 3.05) is 6.54 Å². The van der Waals surface area contributed by atoms with Gasteiger partial charge in [-0.1, -0.05) is 19.8 Å².